The molecule has 0 saturated heterocycles. The van der Waals surface area contributed by atoms with E-state index >= 15 is 0 Å². The fourth-order valence-electron chi connectivity index (χ4n) is 3.01. The van der Waals surface area contributed by atoms with Gasteiger partial charge < -0.3 is 5.11 Å². The van der Waals surface area contributed by atoms with E-state index in [1.54, 1.807) is 0 Å². The molecule has 0 amide bonds. The summed E-state index contributed by atoms with van der Waals surface area (Å²) in [5.74, 6) is -0.679. The highest BCUT2D eigenvalue weighted by Gasteiger charge is 2.42. The molecule has 0 heterocycles. The number of hydrogen-bond donors (Lipinski definition) is 1. The third-order valence-electron chi connectivity index (χ3n) is 5.88. The smallest absolute Gasteiger partial charge is 0.309 e. The van der Waals surface area contributed by atoms with Gasteiger partial charge in [0.2, 0.25) is 0 Å². The van der Waals surface area contributed by atoms with Crippen molar-refractivity contribution in [2.75, 3.05) is 0 Å². The van der Waals surface area contributed by atoms with Crippen molar-refractivity contribution in [1.82, 2.24) is 0 Å². The molecule has 0 aromatic heterocycles. The maximum atomic E-state index is 11.4. The van der Waals surface area contributed by atoms with Crippen molar-refractivity contribution in [2.24, 2.45) is 10.8 Å². The van der Waals surface area contributed by atoms with E-state index in [0.29, 0.717) is 0 Å². The van der Waals surface area contributed by atoms with Crippen LogP contribution in [0.3, 0.4) is 0 Å². The normalized spacial score (nSPS) is 12.6. The Bertz CT molecular complexity index is 305. The standard InChI is InChI=1S/C21H42O2/c1-6-7-8-9-10-11-12-13-14-15-16-17-18-20(2,3)21(4,5)19(22)23/h6-18H2,1-5H3,(H,22,23). The molecule has 0 unspecified atom stereocenters. The van der Waals surface area contributed by atoms with Gasteiger partial charge in [0.1, 0.15) is 0 Å². The number of unbranched alkanes of at least 4 members (excludes halogenated alkanes) is 11. The van der Waals surface area contributed by atoms with E-state index in [1.807, 2.05) is 13.8 Å². The zero-order valence-corrected chi connectivity index (χ0v) is 16.5. The minimum absolute atomic E-state index is 0.142. The van der Waals surface area contributed by atoms with Gasteiger partial charge >= 0.3 is 5.97 Å². The fourth-order valence-corrected chi connectivity index (χ4v) is 3.01. The maximum absolute atomic E-state index is 11.4. The first-order chi connectivity index (χ1) is 10.8. The molecule has 0 rings (SSSR count). The molecule has 0 atom stereocenters. The lowest BCUT2D eigenvalue weighted by Gasteiger charge is -2.38. The molecular formula is C21H42O2. The molecule has 138 valence electrons. The summed E-state index contributed by atoms with van der Waals surface area (Å²) in [6.45, 7) is 10.2. The van der Waals surface area contributed by atoms with Crippen LogP contribution in [0.25, 0.3) is 0 Å². The van der Waals surface area contributed by atoms with Crippen LogP contribution < -0.4 is 0 Å². The zero-order valence-electron chi connectivity index (χ0n) is 16.5. The van der Waals surface area contributed by atoms with E-state index < -0.39 is 11.4 Å². The predicted octanol–water partition coefficient (Wildman–Crippen LogP) is 7.21. The Balaban J connectivity index is 3.54. The average molecular weight is 327 g/mol. The highest BCUT2D eigenvalue weighted by molar-refractivity contribution is 5.74. The van der Waals surface area contributed by atoms with Crippen molar-refractivity contribution in [3.63, 3.8) is 0 Å². The molecule has 0 aromatic carbocycles. The summed E-state index contributed by atoms with van der Waals surface area (Å²) in [5, 5.41) is 9.37. The van der Waals surface area contributed by atoms with Crippen LogP contribution >= 0.6 is 0 Å². The van der Waals surface area contributed by atoms with Gasteiger partial charge in [-0.3, -0.25) is 4.79 Å². The molecule has 0 radical (unpaired) electrons. The Morgan fingerprint density at radius 2 is 1.04 bits per heavy atom. The Morgan fingerprint density at radius 1 is 0.696 bits per heavy atom. The molecule has 0 spiro atoms. The zero-order chi connectivity index (χ0) is 17.8. The van der Waals surface area contributed by atoms with E-state index in [9.17, 15) is 9.90 Å². The molecule has 2 heteroatoms. The molecule has 0 aliphatic carbocycles. The largest absolute Gasteiger partial charge is 0.481 e. The van der Waals surface area contributed by atoms with Crippen molar-refractivity contribution >= 4 is 5.97 Å². The van der Waals surface area contributed by atoms with Crippen LogP contribution in [0.5, 0.6) is 0 Å². The summed E-state index contributed by atoms with van der Waals surface area (Å²) in [6, 6.07) is 0. The van der Waals surface area contributed by atoms with Crippen molar-refractivity contribution in [3.05, 3.63) is 0 Å². The summed E-state index contributed by atoms with van der Waals surface area (Å²) < 4.78 is 0. The molecule has 0 aliphatic rings. The van der Waals surface area contributed by atoms with Crippen molar-refractivity contribution in [3.8, 4) is 0 Å². The Hall–Kier alpha value is -0.530. The van der Waals surface area contributed by atoms with Crippen LogP contribution in [0.4, 0.5) is 0 Å². The molecule has 2 nitrogen and oxygen atoms in total. The lowest BCUT2D eigenvalue weighted by atomic mass is 9.65. The Labute approximate surface area is 145 Å². The van der Waals surface area contributed by atoms with E-state index in [0.717, 1.165) is 12.8 Å². The first kappa shape index (κ1) is 22.5. The van der Waals surface area contributed by atoms with Gasteiger partial charge in [-0.25, -0.2) is 0 Å². The molecule has 0 saturated carbocycles. The number of rotatable bonds is 15. The van der Waals surface area contributed by atoms with E-state index in [-0.39, 0.29) is 5.41 Å². The third kappa shape index (κ3) is 9.37. The number of hydrogen-bond acceptors (Lipinski definition) is 1. The van der Waals surface area contributed by atoms with E-state index in [4.69, 9.17) is 0 Å². The van der Waals surface area contributed by atoms with Crippen molar-refractivity contribution in [1.29, 1.82) is 0 Å². The maximum Gasteiger partial charge on any atom is 0.309 e. The van der Waals surface area contributed by atoms with Gasteiger partial charge in [-0.1, -0.05) is 97.8 Å². The molecule has 23 heavy (non-hydrogen) atoms. The number of carbonyl (C=O) groups is 1. The highest BCUT2D eigenvalue weighted by atomic mass is 16.4. The predicted molar refractivity (Wildman–Crippen MR) is 101 cm³/mol. The SMILES string of the molecule is CCCCCCCCCCCCCCC(C)(C)C(C)(C)C(=O)O. The number of carboxylic acid groups (broad SMARTS) is 1. The summed E-state index contributed by atoms with van der Waals surface area (Å²) in [7, 11) is 0. The fraction of sp³-hybridized carbons (Fsp3) is 0.952. The van der Waals surface area contributed by atoms with Crippen LogP contribution in [-0.4, -0.2) is 11.1 Å². The molecule has 1 N–H and O–H groups in total. The minimum Gasteiger partial charge on any atom is -0.481 e. The van der Waals surface area contributed by atoms with Gasteiger partial charge in [0.25, 0.3) is 0 Å². The van der Waals surface area contributed by atoms with Crippen LogP contribution in [0, 0.1) is 10.8 Å². The lowest BCUT2D eigenvalue weighted by Crippen LogP contribution is -2.39. The van der Waals surface area contributed by atoms with Gasteiger partial charge in [-0.05, 0) is 25.7 Å². The van der Waals surface area contributed by atoms with E-state index in [2.05, 4.69) is 20.8 Å². The van der Waals surface area contributed by atoms with E-state index in [1.165, 1.54) is 70.6 Å². The molecule has 0 bridgehead atoms. The van der Waals surface area contributed by atoms with Gasteiger partial charge in [-0.2, -0.15) is 0 Å². The second-order valence-electron chi connectivity index (χ2n) is 8.45. The van der Waals surface area contributed by atoms with Crippen LogP contribution in [0.2, 0.25) is 0 Å². The molecule has 0 aromatic rings. The summed E-state index contributed by atoms with van der Waals surface area (Å²) in [6.07, 6.45) is 17.2. The summed E-state index contributed by atoms with van der Waals surface area (Å²) in [5.41, 5.74) is -0.790. The summed E-state index contributed by atoms with van der Waals surface area (Å²) in [4.78, 5) is 11.4. The lowest BCUT2D eigenvalue weighted by molar-refractivity contribution is -0.154. The highest BCUT2D eigenvalue weighted by Crippen LogP contribution is 2.42. The van der Waals surface area contributed by atoms with Gasteiger partial charge in [-0.15, -0.1) is 0 Å². The Morgan fingerprint density at radius 3 is 1.39 bits per heavy atom. The quantitative estimate of drug-likeness (QED) is 0.323. The van der Waals surface area contributed by atoms with Gasteiger partial charge in [0.05, 0.1) is 5.41 Å². The first-order valence-electron chi connectivity index (χ1n) is 9.99. The number of aliphatic carboxylic acids is 1. The van der Waals surface area contributed by atoms with Gasteiger partial charge in [0.15, 0.2) is 0 Å². The third-order valence-corrected chi connectivity index (χ3v) is 5.88. The Kier molecular flexibility index (Phi) is 11.6. The monoisotopic (exact) mass is 326 g/mol. The summed E-state index contributed by atoms with van der Waals surface area (Å²) >= 11 is 0. The number of carboxylic acids is 1. The van der Waals surface area contributed by atoms with Crippen molar-refractivity contribution in [2.45, 2.75) is 118 Å². The van der Waals surface area contributed by atoms with Gasteiger partial charge in [0, 0.05) is 0 Å². The second kappa shape index (κ2) is 11.9. The first-order valence-corrected chi connectivity index (χ1v) is 9.99. The van der Waals surface area contributed by atoms with Crippen LogP contribution in [0.15, 0.2) is 0 Å². The second-order valence-corrected chi connectivity index (χ2v) is 8.45. The van der Waals surface area contributed by atoms with Crippen LogP contribution in [-0.2, 0) is 4.79 Å². The van der Waals surface area contributed by atoms with Crippen molar-refractivity contribution < 1.29 is 9.90 Å². The van der Waals surface area contributed by atoms with Crippen LogP contribution in [0.1, 0.15) is 118 Å². The average Bonchev–Trinajstić information content (AvgIpc) is 2.48. The molecular weight excluding hydrogens is 284 g/mol. The topological polar surface area (TPSA) is 37.3 Å². The minimum atomic E-state index is -0.679. The molecule has 0 fully saturated rings. The molecule has 0 aliphatic heterocycles.